The van der Waals surface area contributed by atoms with E-state index in [1.54, 1.807) is 17.1 Å². The standard InChI is InChI=1S/C12H20ClN3O/c1-12(2,3)10(5-6-13)15-11(17)9-7-16(4)8-14-9/h7-8,10H,5-6H2,1-4H3,(H,15,17). The molecule has 0 spiro atoms. The fourth-order valence-electron chi connectivity index (χ4n) is 1.59. The van der Waals surface area contributed by atoms with Gasteiger partial charge in [-0.25, -0.2) is 4.98 Å². The fourth-order valence-corrected chi connectivity index (χ4v) is 1.81. The van der Waals surface area contributed by atoms with Crippen LogP contribution in [0.4, 0.5) is 0 Å². The minimum Gasteiger partial charge on any atom is -0.347 e. The molecule has 0 aliphatic carbocycles. The van der Waals surface area contributed by atoms with E-state index in [9.17, 15) is 4.79 Å². The van der Waals surface area contributed by atoms with Crippen LogP contribution in [-0.2, 0) is 7.05 Å². The van der Waals surface area contributed by atoms with Crippen LogP contribution < -0.4 is 5.32 Å². The Morgan fingerprint density at radius 3 is 2.65 bits per heavy atom. The summed E-state index contributed by atoms with van der Waals surface area (Å²) in [4.78, 5) is 16.0. The summed E-state index contributed by atoms with van der Waals surface area (Å²) in [5, 5.41) is 2.99. The SMILES string of the molecule is Cn1cnc(C(=O)NC(CCCl)C(C)(C)C)c1. The number of alkyl halides is 1. The number of amides is 1. The second kappa shape index (κ2) is 5.54. The van der Waals surface area contributed by atoms with Crippen molar-refractivity contribution >= 4 is 17.5 Å². The van der Waals surface area contributed by atoms with Gasteiger partial charge in [-0.3, -0.25) is 4.79 Å². The van der Waals surface area contributed by atoms with E-state index < -0.39 is 0 Å². The number of rotatable bonds is 4. The van der Waals surface area contributed by atoms with Crippen LogP contribution in [0.25, 0.3) is 0 Å². The zero-order valence-corrected chi connectivity index (χ0v) is 11.6. The van der Waals surface area contributed by atoms with E-state index >= 15 is 0 Å². The molecule has 1 amide bonds. The van der Waals surface area contributed by atoms with Gasteiger partial charge in [-0.1, -0.05) is 20.8 Å². The maximum absolute atomic E-state index is 12.0. The van der Waals surface area contributed by atoms with Crippen LogP contribution in [0, 0.1) is 5.41 Å². The smallest absolute Gasteiger partial charge is 0.271 e. The highest BCUT2D eigenvalue weighted by Gasteiger charge is 2.26. The van der Waals surface area contributed by atoms with Crippen molar-refractivity contribution in [2.24, 2.45) is 12.5 Å². The second-order valence-corrected chi connectivity index (χ2v) is 5.67. The van der Waals surface area contributed by atoms with Gasteiger partial charge in [0.25, 0.3) is 5.91 Å². The molecule has 0 bridgehead atoms. The molecule has 1 rings (SSSR count). The number of nitrogens with zero attached hydrogens (tertiary/aromatic N) is 2. The van der Waals surface area contributed by atoms with Crippen molar-refractivity contribution in [2.45, 2.75) is 33.2 Å². The summed E-state index contributed by atoms with van der Waals surface area (Å²) in [5.74, 6) is 0.389. The van der Waals surface area contributed by atoms with Gasteiger partial charge in [0.15, 0.2) is 0 Å². The molecule has 1 aromatic heterocycles. The molecule has 1 N–H and O–H groups in total. The average molecular weight is 258 g/mol. The molecule has 1 atom stereocenters. The third-order valence-corrected chi connectivity index (χ3v) is 2.90. The van der Waals surface area contributed by atoms with Gasteiger partial charge >= 0.3 is 0 Å². The highest BCUT2D eigenvalue weighted by molar-refractivity contribution is 6.17. The number of carbonyl (C=O) groups is 1. The van der Waals surface area contributed by atoms with Crippen LogP contribution in [-0.4, -0.2) is 27.4 Å². The molecule has 5 heteroatoms. The molecule has 0 radical (unpaired) electrons. The molecule has 0 aliphatic rings. The summed E-state index contributed by atoms with van der Waals surface area (Å²) in [6.45, 7) is 6.26. The molecule has 1 heterocycles. The van der Waals surface area contributed by atoms with Gasteiger partial charge in [0, 0.05) is 25.2 Å². The summed E-state index contributed by atoms with van der Waals surface area (Å²) in [6.07, 6.45) is 4.07. The third-order valence-electron chi connectivity index (χ3n) is 2.69. The first-order valence-corrected chi connectivity index (χ1v) is 6.23. The van der Waals surface area contributed by atoms with Gasteiger partial charge < -0.3 is 9.88 Å². The van der Waals surface area contributed by atoms with Crippen molar-refractivity contribution in [2.75, 3.05) is 5.88 Å². The molecule has 1 aromatic rings. The fraction of sp³-hybridized carbons (Fsp3) is 0.667. The minimum absolute atomic E-state index is 0.0146. The summed E-state index contributed by atoms with van der Waals surface area (Å²) in [6, 6.07) is 0.0505. The molecular formula is C12H20ClN3O. The van der Waals surface area contributed by atoms with Gasteiger partial charge in [0.2, 0.25) is 0 Å². The average Bonchev–Trinajstić information content (AvgIpc) is 2.62. The number of aromatic nitrogens is 2. The van der Waals surface area contributed by atoms with Crippen LogP contribution in [0.15, 0.2) is 12.5 Å². The number of hydrogen-bond acceptors (Lipinski definition) is 2. The summed E-state index contributed by atoms with van der Waals surface area (Å²) in [5.41, 5.74) is 0.426. The molecule has 96 valence electrons. The molecule has 0 saturated heterocycles. The molecule has 17 heavy (non-hydrogen) atoms. The van der Waals surface area contributed by atoms with Crippen LogP contribution >= 0.6 is 11.6 Å². The Morgan fingerprint density at radius 2 is 2.24 bits per heavy atom. The first kappa shape index (κ1) is 14.0. The predicted molar refractivity (Wildman–Crippen MR) is 69.3 cm³/mol. The van der Waals surface area contributed by atoms with Gasteiger partial charge in [-0.15, -0.1) is 11.6 Å². The highest BCUT2D eigenvalue weighted by atomic mass is 35.5. The van der Waals surface area contributed by atoms with Gasteiger partial charge in [-0.05, 0) is 11.8 Å². The van der Waals surface area contributed by atoms with E-state index in [2.05, 4.69) is 31.1 Å². The molecular weight excluding hydrogens is 238 g/mol. The molecule has 0 saturated carbocycles. The minimum atomic E-state index is -0.143. The van der Waals surface area contributed by atoms with Crippen LogP contribution in [0.2, 0.25) is 0 Å². The Balaban J connectivity index is 2.71. The Bertz CT molecular complexity index is 381. The van der Waals surface area contributed by atoms with E-state index in [-0.39, 0.29) is 17.4 Å². The number of halogens is 1. The van der Waals surface area contributed by atoms with E-state index in [1.807, 2.05) is 7.05 Å². The largest absolute Gasteiger partial charge is 0.347 e. The number of carbonyl (C=O) groups excluding carboxylic acids is 1. The van der Waals surface area contributed by atoms with Crippen LogP contribution in [0.3, 0.4) is 0 Å². The normalized spacial score (nSPS) is 13.5. The monoisotopic (exact) mass is 257 g/mol. The first-order chi connectivity index (χ1) is 7.84. The van der Waals surface area contributed by atoms with E-state index in [0.717, 1.165) is 6.42 Å². The Morgan fingerprint density at radius 1 is 1.59 bits per heavy atom. The lowest BCUT2D eigenvalue weighted by molar-refractivity contribution is 0.0896. The van der Waals surface area contributed by atoms with Crippen molar-refractivity contribution in [3.05, 3.63) is 18.2 Å². The Kier molecular flexibility index (Phi) is 4.57. The van der Waals surface area contributed by atoms with E-state index in [0.29, 0.717) is 11.6 Å². The van der Waals surface area contributed by atoms with Crippen molar-refractivity contribution in [3.8, 4) is 0 Å². The number of imidazole rings is 1. The van der Waals surface area contributed by atoms with E-state index in [1.165, 1.54) is 0 Å². The van der Waals surface area contributed by atoms with Crippen LogP contribution in [0.1, 0.15) is 37.7 Å². The first-order valence-electron chi connectivity index (χ1n) is 5.69. The quantitative estimate of drug-likeness (QED) is 0.841. The van der Waals surface area contributed by atoms with Crippen molar-refractivity contribution in [1.29, 1.82) is 0 Å². The summed E-state index contributed by atoms with van der Waals surface area (Å²) < 4.78 is 1.75. The number of aryl methyl sites for hydroxylation is 1. The molecule has 1 unspecified atom stereocenters. The topological polar surface area (TPSA) is 46.9 Å². The Labute approximate surface area is 107 Å². The third kappa shape index (κ3) is 4.04. The predicted octanol–water partition coefficient (Wildman–Crippen LogP) is 2.19. The molecule has 0 aromatic carbocycles. The van der Waals surface area contributed by atoms with Gasteiger partial charge in [0.1, 0.15) is 5.69 Å². The van der Waals surface area contributed by atoms with Crippen molar-refractivity contribution in [3.63, 3.8) is 0 Å². The highest BCUT2D eigenvalue weighted by Crippen LogP contribution is 2.22. The maximum Gasteiger partial charge on any atom is 0.271 e. The zero-order chi connectivity index (χ0) is 13.1. The molecule has 4 nitrogen and oxygen atoms in total. The number of hydrogen-bond donors (Lipinski definition) is 1. The van der Waals surface area contributed by atoms with Gasteiger partial charge in [0.05, 0.1) is 6.33 Å². The lowest BCUT2D eigenvalue weighted by Crippen LogP contribution is -2.44. The summed E-state index contributed by atoms with van der Waals surface area (Å²) in [7, 11) is 1.84. The van der Waals surface area contributed by atoms with Gasteiger partial charge in [-0.2, -0.15) is 0 Å². The molecule has 0 aliphatic heterocycles. The van der Waals surface area contributed by atoms with E-state index in [4.69, 9.17) is 11.6 Å². The molecule has 0 fully saturated rings. The Hall–Kier alpha value is -1.03. The van der Waals surface area contributed by atoms with Crippen molar-refractivity contribution < 1.29 is 4.79 Å². The number of nitrogens with one attached hydrogen (secondary N) is 1. The van der Waals surface area contributed by atoms with Crippen LogP contribution in [0.5, 0.6) is 0 Å². The lowest BCUT2D eigenvalue weighted by Gasteiger charge is -2.30. The summed E-state index contributed by atoms with van der Waals surface area (Å²) >= 11 is 5.76. The second-order valence-electron chi connectivity index (χ2n) is 5.29. The zero-order valence-electron chi connectivity index (χ0n) is 10.8. The van der Waals surface area contributed by atoms with Crippen molar-refractivity contribution in [1.82, 2.24) is 14.9 Å². The maximum atomic E-state index is 12.0. The lowest BCUT2D eigenvalue weighted by atomic mass is 9.85.